The van der Waals surface area contributed by atoms with Crippen LogP contribution in [0, 0.1) is 0 Å². The van der Waals surface area contributed by atoms with E-state index in [0.717, 1.165) is 19.5 Å². The number of rotatable bonds is 4. The highest BCUT2D eigenvalue weighted by atomic mass is 16.4. The molecule has 102 valence electrons. The third kappa shape index (κ3) is 4.37. The van der Waals surface area contributed by atoms with Crippen molar-refractivity contribution in [1.82, 2.24) is 15.1 Å². The number of nitrogens with one attached hydrogen (secondary N) is 1. The Morgan fingerprint density at radius 2 is 2.11 bits per heavy atom. The van der Waals surface area contributed by atoms with Crippen LogP contribution in [0.4, 0.5) is 4.79 Å². The SMILES string of the molecule is C=CCC(NC(=O)N1CCCN(C)CC1)C(=O)O. The zero-order chi connectivity index (χ0) is 13.5. The number of hydrogen-bond acceptors (Lipinski definition) is 3. The molecule has 2 N–H and O–H groups in total. The zero-order valence-corrected chi connectivity index (χ0v) is 10.8. The Morgan fingerprint density at radius 1 is 1.39 bits per heavy atom. The lowest BCUT2D eigenvalue weighted by Crippen LogP contribution is -2.48. The highest BCUT2D eigenvalue weighted by Gasteiger charge is 2.23. The Bertz CT molecular complexity index is 320. The second-order valence-corrected chi connectivity index (χ2v) is 4.51. The van der Waals surface area contributed by atoms with E-state index in [-0.39, 0.29) is 12.5 Å². The molecule has 1 heterocycles. The van der Waals surface area contributed by atoms with Crippen LogP contribution in [0.5, 0.6) is 0 Å². The van der Waals surface area contributed by atoms with Crippen LogP contribution in [0.3, 0.4) is 0 Å². The monoisotopic (exact) mass is 255 g/mol. The molecule has 0 aromatic carbocycles. The molecule has 1 unspecified atom stereocenters. The summed E-state index contributed by atoms with van der Waals surface area (Å²) in [5.41, 5.74) is 0. The number of carbonyl (C=O) groups excluding carboxylic acids is 1. The Kier molecular flexibility index (Phi) is 5.64. The average molecular weight is 255 g/mol. The summed E-state index contributed by atoms with van der Waals surface area (Å²) in [5, 5.41) is 11.5. The Labute approximate surface area is 107 Å². The smallest absolute Gasteiger partial charge is 0.326 e. The molecule has 18 heavy (non-hydrogen) atoms. The van der Waals surface area contributed by atoms with Crippen molar-refractivity contribution in [1.29, 1.82) is 0 Å². The molecule has 0 saturated carbocycles. The fourth-order valence-electron chi connectivity index (χ4n) is 1.88. The molecular formula is C12H21N3O3. The van der Waals surface area contributed by atoms with E-state index in [2.05, 4.69) is 16.8 Å². The summed E-state index contributed by atoms with van der Waals surface area (Å²) in [5.74, 6) is -1.03. The van der Waals surface area contributed by atoms with Crippen molar-refractivity contribution in [2.75, 3.05) is 33.2 Å². The van der Waals surface area contributed by atoms with E-state index >= 15 is 0 Å². The zero-order valence-electron chi connectivity index (χ0n) is 10.8. The average Bonchev–Trinajstić information content (AvgIpc) is 2.53. The summed E-state index contributed by atoms with van der Waals surface area (Å²) < 4.78 is 0. The summed E-state index contributed by atoms with van der Waals surface area (Å²) in [4.78, 5) is 26.7. The van der Waals surface area contributed by atoms with Crippen molar-refractivity contribution >= 4 is 12.0 Å². The number of likely N-dealkylation sites (N-methyl/N-ethyl adjacent to an activating group) is 1. The molecule has 1 rings (SSSR count). The highest BCUT2D eigenvalue weighted by molar-refractivity contribution is 5.82. The molecule has 0 bridgehead atoms. The minimum Gasteiger partial charge on any atom is -0.480 e. The minimum absolute atomic E-state index is 0.231. The van der Waals surface area contributed by atoms with Gasteiger partial charge in [0.05, 0.1) is 0 Å². The van der Waals surface area contributed by atoms with Crippen LogP contribution in [0.25, 0.3) is 0 Å². The Hall–Kier alpha value is -1.56. The first kappa shape index (κ1) is 14.5. The van der Waals surface area contributed by atoms with Gasteiger partial charge in [-0.05, 0) is 26.4 Å². The maximum absolute atomic E-state index is 11.9. The molecule has 0 aromatic rings. The minimum atomic E-state index is -1.03. The van der Waals surface area contributed by atoms with E-state index in [9.17, 15) is 9.59 Å². The van der Waals surface area contributed by atoms with Gasteiger partial charge in [0.2, 0.25) is 0 Å². The molecule has 6 nitrogen and oxygen atoms in total. The first-order valence-electron chi connectivity index (χ1n) is 6.12. The summed E-state index contributed by atoms with van der Waals surface area (Å²) >= 11 is 0. The molecule has 1 aliphatic heterocycles. The van der Waals surface area contributed by atoms with E-state index in [4.69, 9.17) is 5.11 Å². The van der Waals surface area contributed by atoms with Crippen molar-refractivity contribution in [2.24, 2.45) is 0 Å². The van der Waals surface area contributed by atoms with Crippen LogP contribution in [-0.4, -0.2) is 66.2 Å². The van der Waals surface area contributed by atoms with E-state index in [1.54, 1.807) is 4.90 Å². The number of hydrogen-bond donors (Lipinski definition) is 2. The van der Waals surface area contributed by atoms with Gasteiger partial charge in [0, 0.05) is 19.6 Å². The molecule has 2 amide bonds. The lowest BCUT2D eigenvalue weighted by Gasteiger charge is -2.23. The van der Waals surface area contributed by atoms with E-state index < -0.39 is 12.0 Å². The van der Waals surface area contributed by atoms with Gasteiger partial charge in [-0.2, -0.15) is 0 Å². The summed E-state index contributed by atoms with van der Waals surface area (Å²) in [7, 11) is 2.01. The first-order chi connectivity index (χ1) is 8.54. The molecule has 6 heteroatoms. The maximum Gasteiger partial charge on any atom is 0.326 e. The van der Waals surface area contributed by atoms with Crippen molar-refractivity contribution in [2.45, 2.75) is 18.9 Å². The van der Waals surface area contributed by atoms with E-state index in [0.29, 0.717) is 13.1 Å². The Balaban J connectivity index is 2.52. The van der Waals surface area contributed by atoms with Crippen molar-refractivity contribution in [3.05, 3.63) is 12.7 Å². The van der Waals surface area contributed by atoms with Crippen LogP contribution in [0.1, 0.15) is 12.8 Å². The molecule has 1 atom stereocenters. The van der Waals surface area contributed by atoms with Gasteiger partial charge in [0.25, 0.3) is 0 Å². The third-order valence-electron chi connectivity index (χ3n) is 3.00. The molecule has 1 fully saturated rings. The summed E-state index contributed by atoms with van der Waals surface area (Å²) in [6, 6.07) is -1.20. The topological polar surface area (TPSA) is 72.9 Å². The van der Waals surface area contributed by atoms with Crippen LogP contribution in [-0.2, 0) is 4.79 Å². The fourth-order valence-corrected chi connectivity index (χ4v) is 1.88. The Morgan fingerprint density at radius 3 is 2.72 bits per heavy atom. The van der Waals surface area contributed by atoms with E-state index in [1.165, 1.54) is 6.08 Å². The maximum atomic E-state index is 11.9. The number of carboxylic acid groups (broad SMARTS) is 1. The van der Waals surface area contributed by atoms with Gasteiger partial charge in [-0.15, -0.1) is 6.58 Å². The van der Waals surface area contributed by atoms with Crippen LogP contribution in [0.2, 0.25) is 0 Å². The van der Waals surface area contributed by atoms with Crippen LogP contribution < -0.4 is 5.32 Å². The molecular weight excluding hydrogens is 234 g/mol. The standard InChI is InChI=1S/C12H21N3O3/c1-3-5-10(11(16)17)13-12(18)15-7-4-6-14(2)8-9-15/h3,10H,1,4-9H2,2H3,(H,13,18)(H,16,17). The van der Waals surface area contributed by atoms with Crippen LogP contribution in [0.15, 0.2) is 12.7 Å². The lowest BCUT2D eigenvalue weighted by molar-refractivity contribution is -0.139. The largest absolute Gasteiger partial charge is 0.480 e. The van der Waals surface area contributed by atoms with Gasteiger partial charge in [-0.25, -0.2) is 9.59 Å². The van der Waals surface area contributed by atoms with Gasteiger partial charge in [0.1, 0.15) is 6.04 Å². The number of urea groups is 1. The van der Waals surface area contributed by atoms with Gasteiger partial charge in [-0.3, -0.25) is 0 Å². The normalized spacial score (nSPS) is 18.8. The second-order valence-electron chi connectivity index (χ2n) is 4.51. The highest BCUT2D eigenvalue weighted by Crippen LogP contribution is 2.03. The number of nitrogens with zero attached hydrogens (tertiary/aromatic N) is 2. The van der Waals surface area contributed by atoms with Crippen LogP contribution >= 0.6 is 0 Å². The van der Waals surface area contributed by atoms with Gasteiger partial charge < -0.3 is 20.2 Å². The predicted molar refractivity (Wildman–Crippen MR) is 68.5 cm³/mol. The quantitative estimate of drug-likeness (QED) is 0.712. The number of carboxylic acids is 1. The lowest BCUT2D eigenvalue weighted by atomic mass is 10.2. The van der Waals surface area contributed by atoms with Crippen molar-refractivity contribution in [3.63, 3.8) is 0 Å². The number of aliphatic carboxylic acids is 1. The van der Waals surface area contributed by atoms with E-state index in [1.807, 2.05) is 7.05 Å². The van der Waals surface area contributed by atoms with Gasteiger partial charge in [-0.1, -0.05) is 6.08 Å². The second kappa shape index (κ2) is 7.00. The molecule has 0 spiro atoms. The first-order valence-corrected chi connectivity index (χ1v) is 6.12. The molecule has 1 aliphatic rings. The number of amides is 2. The molecule has 0 aliphatic carbocycles. The van der Waals surface area contributed by atoms with Crippen molar-refractivity contribution in [3.8, 4) is 0 Å². The van der Waals surface area contributed by atoms with Crippen molar-refractivity contribution < 1.29 is 14.7 Å². The molecule has 0 aromatic heterocycles. The summed E-state index contributed by atoms with van der Waals surface area (Å²) in [6.07, 6.45) is 2.63. The predicted octanol–water partition coefficient (Wildman–Crippen LogP) is 0.363. The molecule has 0 radical (unpaired) electrons. The van der Waals surface area contributed by atoms with Gasteiger partial charge in [0.15, 0.2) is 0 Å². The molecule has 1 saturated heterocycles. The fraction of sp³-hybridized carbons (Fsp3) is 0.667. The number of carbonyl (C=O) groups is 2. The summed E-state index contributed by atoms with van der Waals surface area (Å²) in [6.45, 7) is 6.55. The third-order valence-corrected chi connectivity index (χ3v) is 3.00. The van der Waals surface area contributed by atoms with Gasteiger partial charge >= 0.3 is 12.0 Å².